The molecule has 0 fully saturated rings. The van der Waals surface area contributed by atoms with Gasteiger partial charge in [0.1, 0.15) is 5.60 Å². The molecule has 12 heavy (non-hydrogen) atoms. The normalized spacial score (nSPS) is 18.1. The Bertz CT molecular complexity index is 157. The van der Waals surface area contributed by atoms with Gasteiger partial charge in [0.2, 0.25) is 5.91 Å². The molecule has 0 saturated heterocycles. The SMILES string of the molecule is C[C@H](N)C(=O)NCC(C)(O)CO. The van der Waals surface area contributed by atoms with E-state index in [1.54, 1.807) is 6.92 Å². The van der Waals surface area contributed by atoms with Crippen LogP contribution in [0.5, 0.6) is 0 Å². The van der Waals surface area contributed by atoms with E-state index in [1.165, 1.54) is 6.92 Å². The fourth-order valence-electron chi connectivity index (χ4n) is 0.494. The van der Waals surface area contributed by atoms with Crippen molar-refractivity contribution in [2.45, 2.75) is 25.5 Å². The third-order valence-electron chi connectivity index (χ3n) is 1.40. The summed E-state index contributed by atoms with van der Waals surface area (Å²) in [5.74, 6) is -0.344. The molecule has 72 valence electrons. The molecule has 5 heteroatoms. The van der Waals surface area contributed by atoms with E-state index < -0.39 is 18.2 Å². The lowest BCUT2D eigenvalue weighted by Gasteiger charge is -2.21. The summed E-state index contributed by atoms with van der Waals surface area (Å²) in [5.41, 5.74) is 3.98. The third-order valence-corrected chi connectivity index (χ3v) is 1.40. The standard InChI is InChI=1S/C7H16N2O3/c1-5(8)6(11)9-3-7(2,12)4-10/h5,10,12H,3-4,8H2,1-2H3,(H,9,11)/t5-,7?/m0/s1. The summed E-state index contributed by atoms with van der Waals surface area (Å²) >= 11 is 0. The lowest BCUT2D eigenvalue weighted by Crippen LogP contribution is -2.47. The van der Waals surface area contributed by atoms with Crippen molar-refractivity contribution in [1.82, 2.24) is 5.32 Å². The van der Waals surface area contributed by atoms with Crippen molar-refractivity contribution in [2.75, 3.05) is 13.2 Å². The van der Waals surface area contributed by atoms with Crippen LogP contribution in [0.1, 0.15) is 13.8 Å². The van der Waals surface area contributed by atoms with Gasteiger partial charge in [-0.15, -0.1) is 0 Å². The fourth-order valence-corrected chi connectivity index (χ4v) is 0.494. The van der Waals surface area contributed by atoms with Crippen molar-refractivity contribution in [3.05, 3.63) is 0 Å². The molecule has 1 unspecified atom stereocenters. The van der Waals surface area contributed by atoms with Crippen molar-refractivity contribution < 1.29 is 15.0 Å². The molecule has 2 atom stereocenters. The van der Waals surface area contributed by atoms with Crippen LogP contribution in [0.25, 0.3) is 0 Å². The molecule has 0 aliphatic carbocycles. The van der Waals surface area contributed by atoms with Gasteiger partial charge < -0.3 is 21.3 Å². The van der Waals surface area contributed by atoms with Gasteiger partial charge in [-0.3, -0.25) is 4.79 Å². The third kappa shape index (κ3) is 4.27. The van der Waals surface area contributed by atoms with Crippen molar-refractivity contribution in [2.24, 2.45) is 5.73 Å². The lowest BCUT2D eigenvalue weighted by molar-refractivity contribution is -0.123. The molecular formula is C7H16N2O3. The molecule has 5 nitrogen and oxygen atoms in total. The number of carbonyl (C=O) groups is 1. The highest BCUT2D eigenvalue weighted by molar-refractivity contribution is 5.80. The fraction of sp³-hybridized carbons (Fsp3) is 0.857. The van der Waals surface area contributed by atoms with E-state index in [2.05, 4.69) is 5.32 Å². The Kier molecular flexibility index (Phi) is 4.16. The maximum Gasteiger partial charge on any atom is 0.236 e. The van der Waals surface area contributed by atoms with E-state index in [1.807, 2.05) is 0 Å². The van der Waals surface area contributed by atoms with Gasteiger partial charge in [-0.1, -0.05) is 0 Å². The molecule has 0 aromatic carbocycles. The Hall–Kier alpha value is -0.650. The summed E-state index contributed by atoms with van der Waals surface area (Å²) in [4.78, 5) is 10.9. The van der Waals surface area contributed by atoms with E-state index >= 15 is 0 Å². The summed E-state index contributed by atoms with van der Waals surface area (Å²) < 4.78 is 0. The monoisotopic (exact) mass is 176 g/mol. The topological polar surface area (TPSA) is 95.6 Å². The zero-order chi connectivity index (χ0) is 9.78. The first-order chi connectivity index (χ1) is 5.39. The minimum absolute atomic E-state index is 0.00384. The number of aliphatic hydroxyl groups excluding tert-OH is 1. The van der Waals surface area contributed by atoms with Crippen molar-refractivity contribution in [3.8, 4) is 0 Å². The number of nitrogens with two attached hydrogens (primary N) is 1. The highest BCUT2D eigenvalue weighted by Gasteiger charge is 2.20. The average Bonchev–Trinajstić information content (AvgIpc) is 2.00. The molecule has 0 rings (SSSR count). The number of nitrogens with one attached hydrogen (secondary N) is 1. The van der Waals surface area contributed by atoms with E-state index in [0.717, 1.165) is 0 Å². The number of hydrogen-bond donors (Lipinski definition) is 4. The number of aliphatic hydroxyl groups is 2. The first kappa shape index (κ1) is 11.4. The predicted octanol–water partition coefficient (Wildman–Crippen LogP) is -1.81. The maximum absolute atomic E-state index is 10.9. The van der Waals surface area contributed by atoms with Gasteiger partial charge in [0.05, 0.1) is 12.6 Å². The molecule has 0 aromatic rings. The predicted molar refractivity (Wildman–Crippen MR) is 44.4 cm³/mol. The van der Waals surface area contributed by atoms with E-state index in [9.17, 15) is 9.90 Å². The summed E-state index contributed by atoms with van der Waals surface area (Å²) in [6, 6.07) is -0.598. The highest BCUT2D eigenvalue weighted by Crippen LogP contribution is 1.98. The van der Waals surface area contributed by atoms with Gasteiger partial charge in [0.25, 0.3) is 0 Å². The van der Waals surface area contributed by atoms with Gasteiger partial charge in [-0.05, 0) is 13.8 Å². The lowest BCUT2D eigenvalue weighted by atomic mass is 10.1. The average molecular weight is 176 g/mol. The summed E-state index contributed by atoms with van der Waals surface area (Å²) in [7, 11) is 0. The molecule has 1 amide bonds. The number of rotatable bonds is 4. The van der Waals surface area contributed by atoms with Crippen LogP contribution in [0.15, 0.2) is 0 Å². The molecular weight excluding hydrogens is 160 g/mol. The van der Waals surface area contributed by atoms with Gasteiger partial charge in [-0.2, -0.15) is 0 Å². The first-order valence-electron chi connectivity index (χ1n) is 3.75. The summed E-state index contributed by atoms with van der Waals surface area (Å²) in [6.45, 7) is 2.58. The van der Waals surface area contributed by atoms with Gasteiger partial charge in [0, 0.05) is 6.54 Å². The van der Waals surface area contributed by atoms with E-state index in [-0.39, 0.29) is 12.5 Å². The Morgan fingerprint density at radius 2 is 2.25 bits per heavy atom. The van der Waals surface area contributed by atoms with Crippen LogP contribution in [-0.4, -0.2) is 40.9 Å². The van der Waals surface area contributed by atoms with Crippen LogP contribution in [0.2, 0.25) is 0 Å². The van der Waals surface area contributed by atoms with Gasteiger partial charge in [0.15, 0.2) is 0 Å². The summed E-state index contributed by atoms with van der Waals surface area (Å²) in [6.07, 6.45) is 0. The quantitative estimate of drug-likeness (QED) is 0.406. The molecule has 0 aliphatic heterocycles. The van der Waals surface area contributed by atoms with E-state index in [4.69, 9.17) is 10.8 Å². The second kappa shape index (κ2) is 4.39. The Morgan fingerprint density at radius 1 is 1.75 bits per heavy atom. The second-order valence-corrected chi connectivity index (χ2v) is 3.16. The Morgan fingerprint density at radius 3 is 2.58 bits per heavy atom. The zero-order valence-electron chi connectivity index (χ0n) is 7.37. The van der Waals surface area contributed by atoms with Gasteiger partial charge >= 0.3 is 0 Å². The molecule has 0 radical (unpaired) electrons. The molecule has 0 aromatic heterocycles. The molecule has 0 saturated carbocycles. The first-order valence-corrected chi connectivity index (χ1v) is 3.75. The second-order valence-electron chi connectivity index (χ2n) is 3.16. The molecule has 0 aliphatic rings. The van der Waals surface area contributed by atoms with Crippen LogP contribution in [0.3, 0.4) is 0 Å². The molecule has 5 N–H and O–H groups in total. The van der Waals surface area contributed by atoms with E-state index in [0.29, 0.717) is 0 Å². The minimum atomic E-state index is -1.27. The van der Waals surface area contributed by atoms with Crippen molar-refractivity contribution in [3.63, 3.8) is 0 Å². The maximum atomic E-state index is 10.9. The van der Waals surface area contributed by atoms with Crippen LogP contribution < -0.4 is 11.1 Å². The number of carbonyl (C=O) groups excluding carboxylic acids is 1. The van der Waals surface area contributed by atoms with Crippen LogP contribution in [0, 0.1) is 0 Å². The largest absolute Gasteiger partial charge is 0.393 e. The number of amides is 1. The highest BCUT2D eigenvalue weighted by atomic mass is 16.3. The molecule has 0 heterocycles. The van der Waals surface area contributed by atoms with Crippen LogP contribution in [-0.2, 0) is 4.79 Å². The van der Waals surface area contributed by atoms with Crippen LogP contribution in [0.4, 0.5) is 0 Å². The Balaban J connectivity index is 3.76. The molecule has 0 spiro atoms. The minimum Gasteiger partial charge on any atom is -0.393 e. The smallest absolute Gasteiger partial charge is 0.236 e. The van der Waals surface area contributed by atoms with Crippen LogP contribution >= 0.6 is 0 Å². The summed E-state index contributed by atoms with van der Waals surface area (Å²) in [5, 5.41) is 20.3. The number of hydrogen-bond acceptors (Lipinski definition) is 4. The van der Waals surface area contributed by atoms with Gasteiger partial charge in [-0.25, -0.2) is 0 Å². The molecule has 0 bridgehead atoms. The zero-order valence-corrected chi connectivity index (χ0v) is 7.37. The Labute approximate surface area is 71.6 Å². The van der Waals surface area contributed by atoms with Crippen molar-refractivity contribution >= 4 is 5.91 Å². The van der Waals surface area contributed by atoms with Crippen molar-refractivity contribution in [1.29, 1.82) is 0 Å².